The molecule has 1 N–H and O–H groups in total. The average molecular weight is 326 g/mol. The molecule has 0 aliphatic heterocycles. The summed E-state index contributed by atoms with van der Waals surface area (Å²) < 4.78 is 16.7. The van der Waals surface area contributed by atoms with E-state index in [9.17, 15) is 4.79 Å². The summed E-state index contributed by atoms with van der Waals surface area (Å²) in [5, 5.41) is 9.20. The molecule has 0 heterocycles. The van der Waals surface area contributed by atoms with Crippen molar-refractivity contribution in [1.29, 1.82) is 0 Å². The maximum atomic E-state index is 11.0. The highest BCUT2D eigenvalue weighted by Gasteiger charge is 2.36. The van der Waals surface area contributed by atoms with Gasteiger partial charge in [-0.05, 0) is 30.3 Å². The predicted octanol–water partition coefficient (Wildman–Crippen LogP) is 3.79. The van der Waals surface area contributed by atoms with Crippen molar-refractivity contribution < 1.29 is 23.8 Å². The summed E-state index contributed by atoms with van der Waals surface area (Å²) in [5.74, 6) is -0.166. The van der Waals surface area contributed by atoms with Crippen LogP contribution in [-0.4, -0.2) is 39.7 Å². The van der Waals surface area contributed by atoms with Gasteiger partial charge in [-0.3, -0.25) is 0 Å². The number of aromatic carboxylic acids is 1. The minimum Gasteiger partial charge on any atom is -0.496 e. The molecule has 22 heavy (non-hydrogen) atoms. The summed E-state index contributed by atoms with van der Waals surface area (Å²) in [6, 6.07) is 4.68. The molecule has 1 rings (SSSR count). The highest BCUT2D eigenvalue weighted by atomic mass is 28.4. The van der Waals surface area contributed by atoms with Gasteiger partial charge in [0.1, 0.15) is 23.7 Å². The molecule has 0 aromatic heterocycles. The van der Waals surface area contributed by atoms with Crippen molar-refractivity contribution in [2.45, 2.75) is 38.9 Å². The van der Waals surface area contributed by atoms with Gasteiger partial charge in [-0.1, -0.05) is 20.8 Å². The number of ether oxygens (including phenoxy) is 2. The third kappa shape index (κ3) is 4.74. The molecule has 124 valence electrons. The summed E-state index contributed by atoms with van der Waals surface area (Å²) in [6.07, 6.45) is 0. The Morgan fingerprint density at radius 3 is 2.36 bits per heavy atom. The zero-order valence-electron chi connectivity index (χ0n) is 14.2. The molecule has 1 aromatic carbocycles. The van der Waals surface area contributed by atoms with Crippen molar-refractivity contribution in [3.8, 4) is 11.5 Å². The van der Waals surface area contributed by atoms with Gasteiger partial charge in [-0.2, -0.15) is 0 Å². The molecule has 1 aromatic rings. The summed E-state index contributed by atoms with van der Waals surface area (Å²) >= 11 is 0. The molecule has 0 atom stereocenters. The second-order valence-corrected chi connectivity index (χ2v) is 11.4. The molecule has 5 nitrogen and oxygen atoms in total. The van der Waals surface area contributed by atoms with Crippen molar-refractivity contribution in [2.75, 3.05) is 20.3 Å². The average Bonchev–Trinajstić information content (AvgIpc) is 2.41. The highest BCUT2D eigenvalue weighted by Crippen LogP contribution is 2.36. The quantitative estimate of drug-likeness (QED) is 0.610. The van der Waals surface area contributed by atoms with Gasteiger partial charge in [0.2, 0.25) is 0 Å². The first-order chi connectivity index (χ1) is 10.1. The topological polar surface area (TPSA) is 65.0 Å². The molecule has 0 radical (unpaired) electrons. The van der Waals surface area contributed by atoms with Gasteiger partial charge in [-0.25, -0.2) is 4.79 Å². The van der Waals surface area contributed by atoms with Crippen LogP contribution in [0.25, 0.3) is 0 Å². The summed E-state index contributed by atoms with van der Waals surface area (Å²) in [4.78, 5) is 11.0. The Morgan fingerprint density at radius 2 is 1.86 bits per heavy atom. The Hall–Kier alpha value is -1.53. The number of carbonyl (C=O) groups is 1. The number of hydrogen-bond donors (Lipinski definition) is 1. The van der Waals surface area contributed by atoms with Crippen molar-refractivity contribution in [1.82, 2.24) is 0 Å². The number of rotatable bonds is 7. The molecule has 0 saturated heterocycles. The Labute approximate surface area is 133 Å². The molecule has 0 unspecified atom stereocenters. The molecule has 0 aliphatic rings. The third-order valence-electron chi connectivity index (χ3n) is 4.02. The van der Waals surface area contributed by atoms with E-state index in [1.54, 1.807) is 12.1 Å². The lowest BCUT2D eigenvalue weighted by Gasteiger charge is -2.36. The Balaban J connectivity index is 2.58. The highest BCUT2D eigenvalue weighted by molar-refractivity contribution is 6.74. The zero-order chi connectivity index (χ0) is 17.0. The molecule has 0 saturated carbocycles. The third-order valence-corrected chi connectivity index (χ3v) is 8.56. The van der Waals surface area contributed by atoms with E-state index in [0.29, 0.717) is 19.0 Å². The van der Waals surface area contributed by atoms with E-state index in [1.807, 2.05) is 0 Å². The van der Waals surface area contributed by atoms with Gasteiger partial charge in [0.05, 0.1) is 13.7 Å². The Morgan fingerprint density at radius 1 is 1.23 bits per heavy atom. The number of benzene rings is 1. The van der Waals surface area contributed by atoms with E-state index in [1.165, 1.54) is 13.2 Å². The van der Waals surface area contributed by atoms with Gasteiger partial charge >= 0.3 is 5.97 Å². The number of carboxylic acid groups (broad SMARTS) is 1. The summed E-state index contributed by atoms with van der Waals surface area (Å²) in [5.41, 5.74) is 0.118. The molecule has 6 heteroatoms. The number of hydrogen-bond acceptors (Lipinski definition) is 4. The maximum absolute atomic E-state index is 11.0. The predicted molar refractivity (Wildman–Crippen MR) is 88.6 cm³/mol. The number of methoxy groups -OCH3 is 1. The lowest BCUT2D eigenvalue weighted by Crippen LogP contribution is -2.41. The molecular weight excluding hydrogens is 300 g/mol. The lowest BCUT2D eigenvalue weighted by molar-refractivity contribution is 0.0693. The largest absolute Gasteiger partial charge is 0.496 e. The van der Waals surface area contributed by atoms with Crippen molar-refractivity contribution >= 4 is 14.3 Å². The van der Waals surface area contributed by atoms with Crippen LogP contribution in [0, 0.1) is 0 Å². The SMILES string of the molecule is COc1cc(OCCO[Si](C)(C)C(C)(C)C)ccc1C(=O)O. The van der Waals surface area contributed by atoms with Crippen LogP contribution in [0.15, 0.2) is 18.2 Å². The standard InChI is InChI=1S/C16H26O5Si/c1-16(2,3)22(5,6)21-10-9-20-12-7-8-13(15(17)18)14(11-12)19-4/h7-8,11H,9-10H2,1-6H3,(H,17,18). The molecule has 0 aliphatic carbocycles. The molecule has 0 fully saturated rings. The minimum absolute atomic E-state index is 0.118. The molecule has 0 spiro atoms. The lowest BCUT2D eigenvalue weighted by atomic mass is 10.2. The van der Waals surface area contributed by atoms with Crippen molar-refractivity contribution in [3.63, 3.8) is 0 Å². The number of carboxylic acids is 1. The van der Waals surface area contributed by atoms with Crippen LogP contribution in [0.3, 0.4) is 0 Å². The van der Waals surface area contributed by atoms with Crippen molar-refractivity contribution in [3.05, 3.63) is 23.8 Å². The van der Waals surface area contributed by atoms with Crippen molar-refractivity contribution in [2.24, 2.45) is 0 Å². The summed E-state index contributed by atoms with van der Waals surface area (Å²) in [7, 11) is -0.331. The van der Waals surface area contributed by atoms with Gasteiger partial charge in [-0.15, -0.1) is 0 Å². The van der Waals surface area contributed by atoms with Crippen LogP contribution >= 0.6 is 0 Å². The molecular formula is C16H26O5Si. The normalized spacial score (nSPS) is 12.1. The fourth-order valence-corrected chi connectivity index (χ4v) is 2.64. The first kappa shape index (κ1) is 18.5. The van der Waals surface area contributed by atoms with E-state index in [-0.39, 0.29) is 16.4 Å². The van der Waals surface area contributed by atoms with E-state index in [2.05, 4.69) is 33.9 Å². The smallest absolute Gasteiger partial charge is 0.339 e. The second-order valence-electron chi connectivity index (χ2n) is 6.62. The summed E-state index contributed by atoms with van der Waals surface area (Å²) in [6.45, 7) is 11.9. The van der Waals surface area contributed by atoms with E-state index in [4.69, 9.17) is 19.0 Å². The molecule has 0 bridgehead atoms. The first-order valence-electron chi connectivity index (χ1n) is 7.26. The molecule has 0 amide bonds. The Kier molecular flexibility index (Phi) is 6.02. The minimum atomic E-state index is -1.77. The fourth-order valence-electron chi connectivity index (χ4n) is 1.61. The van der Waals surface area contributed by atoms with E-state index >= 15 is 0 Å². The second kappa shape index (κ2) is 7.15. The monoisotopic (exact) mass is 326 g/mol. The van der Waals surface area contributed by atoms with E-state index < -0.39 is 14.3 Å². The van der Waals surface area contributed by atoms with Crippen LogP contribution in [-0.2, 0) is 4.43 Å². The van der Waals surface area contributed by atoms with Gasteiger partial charge in [0, 0.05) is 6.07 Å². The fraction of sp³-hybridized carbons (Fsp3) is 0.562. The van der Waals surface area contributed by atoms with Crippen LogP contribution in [0.2, 0.25) is 18.1 Å². The van der Waals surface area contributed by atoms with Gasteiger partial charge in [0.25, 0.3) is 0 Å². The first-order valence-corrected chi connectivity index (χ1v) is 10.2. The van der Waals surface area contributed by atoms with Gasteiger partial charge in [0.15, 0.2) is 8.32 Å². The van der Waals surface area contributed by atoms with Crippen LogP contribution < -0.4 is 9.47 Å². The maximum Gasteiger partial charge on any atom is 0.339 e. The Bertz CT molecular complexity index is 520. The zero-order valence-corrected chi connectivity index (χ0v) is 15.2. The van der Waals surface area contributed by atoms with E-state index in [0.717, 1.165) is 0 Å². The van der Waals surface area contributed by atoms with Crippen LogP contribution in [0.4, 0.5) is 0 Å². The van der Waals surface area contributed by atoms with Crippen LogP contribution in [0.5, 0.6) is 11.5 Å². The van der Waals surface area contributed by atoms with Crippen LogP contribution in [0.1, 0.15) is 31.1 Å². The van der Waals surface area contributed by atoms with Gasteiger partial charge < -0.3 is 19.0 Å².